The summed E-state index contributed by atoms with van der Waals surface area (Å²) in [5, 5.41) is 16.5. The molecule has 1 heterocycles. The molecular formula is C18H30N6O5S. The number of nitrogens with zero attached hydrogens (tertiary/aromatic N) is 1. The Hall–Kier alpha value is -2.60. The van der Waals surface area contributed by atoms with Gasteiger partial charge >= 0.3 is 5.97 Å². The number of aromatic nitrogens is 2. The van der Waals surface area contributed by atoms with Crippen LogP contribution in [0.25, 0.3) is 0 Å². The van der Waals surface area contributed by atoms with E-state index < -0.39 is 47.9 Å². The normalized spacial score (nSPS) is 15.0. The van der Waals surface area contributed by atoms with Gasteiger partial charge < -0.3 is 31.8 Å². The molecule has 4 atom stereocenters. The fourth-order valence-electron chi connectivity index (χ4n) is 2.58. The maximum atomic E-state index is 12.6. The van der Waals surface area contributed by atoms with Crippen LogP contribution in [0.5, 0.6) is 0 Å². The van der Waals surface area contributed by atoms with Gasteiger partial charge in [-0.15, -0.1) is 0 Å². The highest BCUT2D eigenvalue weighted by Crippen LogP contribution is 2.04. The highest BCUT2D eigenvalue weighted by Gasteiger charge is 2.29. The van der Waals surface area contributed by atoms with Crippen LogP contribution in [0, 0.1) is 5.92 Å². The molecule has 0 radical (unpaired) electrons. The third-order valence-corrected chi connectivity index (χ3v) is 4.59. The number of aromatic amines is 1. The smallest absolute Gasteiger partial charge is 0.327 e. The van der Waals surface area contributed by atoms with Crippen LogP contribution in [0.3, 0.4) is 0 Å². The van der Waals surface area contributed by atoms with E-state index in [2.05, 4.69) is 38.5 Å². The predicted molar refractivity (Wildman–Crippen MR) is 113 cm³/mol. The van der Waals surface area contributed by atoms with Crippen molar-refractivity contribution in [3.05, 3.63) is 18.2 Å². The second kappa shape index (κ2) is 12.2. The lowest BCUT2D eigenvalue weighted by molar-refractivity contribution is -0.141. The second-order valence-electron chi connectivity index (χ2n) is 7.39. The van der Waals surface area contributed by atoms with Crippen molar-refractivity contribution in [3.8, 4) is 0 Å². The zero-order valence-corrected chi connectivity index (χ0v) is 18.1. The van der Waals surface area contributed by atoms with Crippen molar-refractivity contribution in [2.24, 2.45) is 11.7 Å². The maximum absolute atomic E-state index is 12.6. The summed E-state index contributed by atoms with van der Waals surface area (Å²) in [5.74, 6) is -2.93. The summed E-state index contributed by atoms with van der Waals surface area (Å²) < 4.78 is 0. The molecule has 0 aliphatic carbocycles. The van der Waals surface area contributed by atoms with E-state index in [9.17, 15) is 19.2 Å². The Morgan fingerprint density at radius 2 is 1.73 bits per heavy atom. The number of imidazole rings is 1. The van der Waals surface area contributed by atoms with Crippen LogP contribution in [-0.2, 0) is 25.6 Å². The molecule has 3 amide bonds. The molecular weight excluding hydrogens is 412 g/mol. The minimum Gasteiger partial charge on any atom is -0.480 e. The van der Waals surface area contributed by atoms with Gasteiger partial charge in [-0.2, -0.15) is 12.6 Å². The van der Waals surface area contributed by atoms with E-state index in [-0.39, 0.29) is 18.1 Å². The van der Waals surface area contributed by atoms with Crippen LogP contribution < -0.4 is 21.7 Å². The first kappa shape index (κ1) is 25.4. The minimum atomic E-state index is -1.25. The van der Waals surface area contributed by atoms with Gasteiger partial charge in [0.05, 0.1) is 12.4 Å². The highest BCUT2D eigenvalue weighted by atomic mass is 32.1. The van der Waals surface area contributed by atoms with E-state index in [0.29, 0.717) is 12.1 Å². The van der Waals surface area contributed by atoms with Gasteiger partial charge in [-0.25, -0.2) is 9.78 Å². The third-order valence-electron chi connectivity index (χ3n) is 4.22. The van der Waals surface area contributed by atoms with Gasteiger partial charge in [0.2, 0.25) is 17.7 Å². The summed E-state index contributed by atoms with van der Waals surface area (Å²) in [6.45, 7) is 5.32. The molecule has 0 spiro atoms. The Kier molecular flexibility index (Phi) is 10.3. The summed E-state index contributed by atoms with van der Waals surface area (Å²) >= 11 is 3.91. The van der Waals surface area contributed by atoms with Crippen LogP contribution in [0.15, 0.2) is 12.5 Å². The van der Waals surface area contributed by atoms with Crippen molar-refractivity contribution in [2.75, 3.05) is 5.75 Å². The number of amides is 3. The highest BCUT2D eigenvalue weighted by molar-refractivity contribution is 7.80. The number of H-pyrrole nitrogens is 1. The first-order valence-electron chi connectivity index (χ1n) is 9.52. The summed E-state index contributed by atoms with van der Waals surface area (Å²) in [5.41, 5.74) is 6.38. The van der Waals surface area contributed by atoms with Crippen LogP contribution in [0.1, 0.15) is 32.9 Å². The molecule has 0 aliphatic heterocycles. The number of carboxylic acids is 1. The van der Waals surface area contributed by atoms with Crippen LogP contribution >= 0.6 is 12.6 Å². The molecule has 1 aromatic rings. The summed E-state index contributed by atoms with van der Waals surface area (Å²) in [6, 6.07) is -4.01. The largest absolute Gasteiger partial charge is 0.480 e. The maximum Gasteiger partial charge on any atom is 0.327 e. The van der Waals surface area contributed by atoms with Gasteiger partial charge in [-0.1, -0.05) is 13.8 Å². The van der Waals surface area contributed by atoms with Crippen molar-refractivity contribution in [1.29, 1.82) is 0 Å². The van der Waals surface area contributed by atoms with Gasteiger partial charge in [0.1, 0.15) is 18.1 Å². The van der Waals surface area contributed by atoms with Gasteiger partial charge in [0.15, 0.2) is 0 Å². The third kappa shape index (κ3) is 8.41. The molecule has 168 valence electrons. The van der Waals surface area contributed by atoms with E-state index in [1.807, 2.05) is 13.8 Å². The zero-order valence-electron chi connectivity index (χ0n) is 17.2. The summed E-state index contributed by atoms with van der Waals surface area (Å²) in [4.78, 5) is 55.1. The van der Waals surface area contributed by atoms with E-state index in [4.69, 9.17) is 10.8 Å². The fourth-order valence-corrected chi connectivity index (χ4v) is 2.83. The lowest BCUT2D eigenvalue weighted by Gasteiger charge is -2.23. The molecule has 0 aromatic carbocycles. The lowest BCUT2D eigenvalue weighted by Crippen LogP contribution is -2.57. The first-order valence-corrected chi connectivity index (χ1v) is 10.2. The molecule has 0 saturated heterocycles. The van der Waals surface area contributed by atoms with Crippen LogP contribution in [0.2, 0.25) is 0 Å². The minimum absolute atomic E-state index is 0.0456. The van der Waals surface area contributed by atoms with Crippen LogP contribution in [-0.4, -0.2) is 68.7 Å². The van der Waals surface area contributed by atoms with Crippen molar-refractivity contribution >= 4 is 36.3 Å². The van der Waals surface area contributed by atoms with E-state index in [1.54, 1.807) is 0 Å². The molecule has 0 saturated carbocycles. The number of nitrogens with two attached hydrogens (primary N) is 1. The zero-order chi connectivity index (χ0) is 22.8. The molecule has 1 aromatic heterocycles. The Labute approximate surface area is 180 Å². The average molecular weight is 443 g/mol. The molecule has 0 aliphatic rings. The number of hydrogen-bond donors (Lipinski definition) is 7. The van der Waals surface area contributed by atoms with E-state index >= 15 is 0 Å². The predicted octanol–water partition coefficient (Wildman–Crippen LogP) is -1.19. The number of nitrogens with one attached hydrogen (secondary N) is 4. The summed E-state index contributed by atoms with van der Waals surface area (Å²) in [7, 11) is 0. The number of carboxylic acid groups (broad SMARTS) is 1. The molecule has 30 heavy (non-hydrogen) atoms. The summed E-state index contributed by atoms with van der Waals surface area (Å²) in [6.07, 6.45) is 3.41. The van der Waals surface area contributed by atoms with E-state index in [1.165, 1.54) is 19.4 Å². The SMILES string of the molecule is CC(C)CC(N)C(=O)NC(C)C(=O)NC(Cc1cnc[nH]1)C(=O)NC(CS)C(=O)O. The molecule has 1 rings (SSSR count). The number of thiol groups is 1. The number of hydrogen-bond acceptors (Lipinski definition) is 7. The lowest BCUT2D eigenvalue weighted by atomic mass is 10.0. The number of carbonyl (C=O) groups excluding carboxylic acids is 3. The van der Waals surface area contributed by atoms with Crippen molar-refractivity contribution in [1.82, 2.24) is 25.9 Å². The quantitative estimate of drug-likeness (QED) is 0.199. The molecule has 0 fully saturated rings. The Morgan fingerprint density at radius 3 is 2.23 bits per heavy atom. The molecule has 0 bridgehead atoms. The standard InChI is InChI=1S/C18H30N6O5S/c1-9(2)4-12(19)16(26)22-10(3)15(25)23-13(5-11-6-20-8-21-11)17(27)24-14(7-30)18(28)29/h6,8-10,12-14,30H,4-5,7,19H2,1-3H3,(H,20,21)(H,22,26)(H,23,25)(H,24,27)(H,28,29). The first-order chi connectivity index (χ1) is 14.0. The molecule has 7 N–H and O–H groups in total. The number of carbonyl (C=O) groups is 4. The van der Waals surface area contributed by atoms with Crippen molar-refractivity contribution in [3.63, 3.8) is 0 Å². The number of rotatable bonds is 12. The van der Waals surface area contributed by atoms with Gasteiger partial charge in [-0.05, 0) is 19.3 Å². The van der Waals surface area contributed by atoms with Gasteiger partial charge in [-0.3, -0.25) is 14.4 Å². The second-order valence-corrected chi connectivity index (χ2v) is 7.76. The Balaban J connectivity index is 2.81. The van der Waals surface area contributed by atoms with Gasteiger partial charge in [0.25, 0.3) is 0 Å². The number of aliphatic carboxylic acids is 1. The molecule has 11 nitrogen and oxygen atoms in total. The Morgan fingerprint density at radius 1 is 1.10 bits per heavy atom. The van der Waals surface area contributed by atoms with Crippen LogP contribution in [0.4, 0.5) is 0 Å². The molecule has 4 unspecified atom stereocenters. The topological polar surface area (TPSA) is 179 Å². The average Bonchev–Trinajstić information content (AvgIpc) is 3.17. The molecule has 12 heteroatoms. The fraction of sp³-hybridized carbons (Fsp3) is 0.611. The van der Waals surface area contributed by atoms with Crippen molar-refractivity contribution < 1.29 is 24.3 Å². The van der Waals surface area contributed by atoms with E-state index in [0.717, 1.165) is 0 Å². The van der Waals surface area contributed by atoms with Crippen molar-refractivity contribution in [2.45, 2.75) is 57.8 Å². The monoisotopic (exact) mass is 442 g/mol. The van der Waals surface area contributed by atoms with Gasteiger partial charge in [0, 0.05) is 24.1 Å². The Bertz CT molecular complexity index is 727.